The maximum absolute atomic E-state index is 14.0. The van der Waals surface area contributed by atoms with Gasteiger partial charge in [-0.05, 0) is 79.9 Å². The van der Waals surface area contributed by atoms with Gasteiger partial charge in [-0.3, -0.25) is 4.57 Å². The van der Waals surface area contributed by atoms with Crippen LogP contribution in [0.25, 0.3) is 11.0 Å². The molecule has 30 heavy (non-hydrogen) atoms. The van der Waals surface area contributed by atoms with Gasteiger partial charge in [-0.25, -0.2) is 8.78 Å². The fraction of sp³-hybridized carbons (Fsp3) is 0.364. The lowest BCUT2D eigenvalue weighted by atomic mass is 10.1. The molecule has 1 heterocycles. The first-order valence-corrected chi connectivity index (χ1v) is 12.1. The summed E-state index contributed by atoms with van der Waals surface area (Å²) in [5.41, 5.74) is 0.190. The number of halogens is 3. The van der Waals surface area contributed by atoms with Gasteiger partial charge in [0.25, 0.3) is 0 Å². The van der Waals surface area contributed by atoms with Crippen molar-refractivity contribution in [3.8, 4) is 0 Å². The quantitative estimate of drug-likeness (QED) is 0.296. The van der Waals surface area contributed by atoms with E-state index in [1.807, 2.05) is 18.2 Å². The highest BCUT2D eigenvalue weighted by Gasteiger charge is 2.43. The lowest BCUT2D eigenvalue weighted by Crippen LogP contribution is -2.15. The third-order valence-electron chi connectivity index (χ3n) is 4.37. The van der Waals surface area contributed by atoms with Crippen molar-refractivity contribution in [2.75, 3.05) is 0 Å². The van der Waals surface area contributed by atoms with Crippen molar-refractivity contribution in [1.29, 1.82) is 0 Å². The Kier molecular flexibility index (Phi) is 7.18. The van der Waals surface area contributed by atoms with Gasteiger partial charge in [-0.1, -0.05) is 18.2 Å². The summed E-state index contributed by atoms with van der Waals surface area (Å²) in [6, 6.07) is 11.0. The smallest absolute Gasteiger partial charge is 0.342 e. The van der Waals surface area contributed by atoms with E-state index in [0.717, 1.165) is 17.5 Å². The molecule has 0 bridgehead atoms. The van der Waals surface area contributed by atoms with E-state index in [1.165, 1.54) is 6.07 Å². The van der Waals surface area contributed by atoms with Crippen LogP contribution in [0.1, 0.15) is 44.7 Å². The molecule has 0 saturated carbocycles. The van der Waals surface area contributed by atoms with Gasteiger partial charge in [-0.2, -0.15) is 0 Å². The van der Waals surface area contributed by atoms with Crippen LogP contribution in [0, 0.1) is 11.6 Å². The predicted molar refractivity (Wildman–Crippen MR) is 117 cm³/mol. The third kappa shape index (κ3) is 5.02. The number of hydrogen-bond donors (Lipinski definition) is 0. The second-order valence-electron chi connectivity index (χ2n) is 7.59. The topological polar surface area (TPSA) is 48.7 Å². The lowest BCUT2D eigenvalue weighted by Gasteiger charge is -2.29. The molecule has 8 heteroatoms. The molecule has 0 amide bonds. The van der Waals surface area contributed by atoms with Crippen molar-refractivity contribution in [3.63, 3.8) is 0 Å². The largest absolute Gasteiger partial charge is 0.459 e. The molecule has 3 aromatic rings. The number of hydrogen-bond acceptors (Lipinski definition) is 4. The van der Waals surface area contributed by atoms with Gasteiger partial charge in [0.2, 0.25) is 0 Å². The Morgan fingerprint density at radius 2 is 1.63 bits per heavy atom. The molecule has 0 N–H and O–H groups in total. The molecular weight excluding hydrogens is 477 g/mol. The minimum Gasteiger partial charge on any atom is -0.459 e. The monoisotopic (exact) mass is 500 g/mol. The molecule has 0 spiro atoms. The van der Waals surface area contributed by atoms with Crippen LogP contribution in [0.2, 0.25) is 0 Å². The van der Waals surface area contributed by atoms with Crippen LogP contribution in [-0.4, -0.2) is 12.2 Å². The lowest BCUT2D eigenvalue weighted by molar-refractivity contribution is 0.134. The Balaban J connectivity index is 2.16. The Bertz CT molecular complexity index is 1070. The molecule has 1 aromatic heterocycles. The van der Waals surface area contributed by atoms with E-state index in [-0.39, 0.29) is 18.6 Å². The summed E-state index contributed by atoms with van der Waals surface area (Å²) in [5.74, 6) is -1.54. The van der Waals surface area contributed by atoms with Crippen molar-refractivity contribution in [2.24, 2.45) is 0 Å². The maximum Gasteiger partial charge on any atom is 0.342 e. The number of rotatable bonds is 8. The molecule has 0 saturated heterocycles. The molecule has 2 aromatic carbocycles. The first-order chi connectivity index (χ1) is 14.1. The zero-order valence-electron chi connectivity index (χ0n) is 17.2. The minimum atomic E-state index is -3.78. The number of para-hydroxylation sites is 1. The fourth-order valence-electron chi connectivity index (χ4n) is 3.24. The van der Waals surface area contributed by atoms with Crippen LogP contribution in [-0.2, 0) is 20.0 Å². The van der Waals surface area contributed by atoms with Crippen LogP contribution < -0.4 is 0 Å². The van der Waals surface area contributed by atoms with Crippen LogP contribution in [0.4, 0.5) is 8.78 Å². The molecule has 0 fully saturated rings. The second-order valence-corrected chi connectivity index (χ2v) is 10.5. The van der Waals surface area contributed by atoms with E-state index in [2.05, 4.69) is 15.9 Å². The summed E-state index contributed by atoms with van der Waals surface area (Å²) in [4.78, 5) is 0. The maximum atomic E-state index is 14.0. The molecule has 4 nitrogen and oxygen atoms in total. The normalized spacial score (nSPS) is 13.5. The number of fused-ring (bicyclic) bond motifs is 1. The van der Waals surface area contributed by atoms with Gasteiger partial charge in [0, 0.05) is 5.39 Å². The first kappa shape index (κ1) is 23.1. The van der Waals surface area contributed by atoms with Crippen LogP contribution in [0.3, 0.4) is 0 Å². The summed E-state index contributed by atoms with van der Waals surface area (Å²) in [5, 5.41) is 0.809. The molecule has 162 valence electrons. The van der Waals surface area contributed by atoms with E-state index in [1.54, 1.807) is 33.8 Å². The van der Waals surface area contributed by atoms with Crippen LogP contribution in [0.5, 0.6) is 0 Å². The van der Waals surface area contributed by atoms with Gasteiger partial charge >= 0.3 is 7.60 Å². The molecular formula is C22H24BrF2O4P. The second kappa shape index (κ2) is 9.31. The molecule has 0 aliphatic heterocycles. The Morgan fingerprint density at radius 3 is 2.20 bits per heavy atom. The summed E-state index contributed by atoms with van der Waals surface area (Å²) in [6.45, 7) is 7.05. The molecule has 0 radical (unpaired) electrons. The van der Waals surface area contributed by atoms with Crippen molar-refractivity contribution in [1.82, 2.24) is 0 Å². The minimum absolute atomic E-state index is 0.0757. The van der Waals surface area contributed by atoms with Gasteiger partial charge in [0.1, 0.15) is 17.0 Å². The van der Waals surface area contributed by atoms with Crippen molar-refractivity contribution >= 4 is 34.5 Å². The molecule has 0 aliphatic rings. The standard InChI is InChI=1S/C22H24BrF2O4P/c1-13(2)28-30(26,29-14(3)4)20(12-15-9-10-17(24)18(25)11-15)22-21(23)16-7-5-6-8-19(16)27-22/h5-11,13-14,20H,12H2,1-4H3. The number of benzene rings is 2. The average molecular weight is 501 g/mol. The summed E-state index contributed by atoms with van der Waals surface area (Å²) < 4.78 is 59.7. The van der Waals surface area contributed by atoms with Gasteiger partial charge in [-0.15, -0.1) is 0 Å². The molecule has 1 unspecified atom stereocenters. The van der Waals surface area contributed by atoms with Crippen molar-refractivity contribution in [3.05, 3.63) is 69.9 Å². The molecule has 3 rings (SSSR count). The van der Waals surface area contributed by atoms with Gasteiger partial charge < -0.3 is 13.5 Å². The highest BCUT2D eigenvalue weighted by molar-refractivity contribution is 9.10. The van der Waals surface area contributed by atoms with Crippen molar-refractivity contribution < 1.29 is 26.8 Å². The first-order valence-electron chi connectivity index (χ1n) is 9.68. The summed E-state index contributed by atoms with van der Waals surface area (Å²) in [6.07, 6.45) is -0.692. The molecule has 1 atom stereocenters. The predicted octanol–water partition coefficient (Wildman–Crippen LogP) is 7.80. The number of furan rings is 1. The fourth-order valence-corrected chi connectivity index (χ4v) is 6.53. The average Bonchev–Trinajstić information content (AvgIpc) is 2.98. The zero-order valence-corrected chi connectivity index (χ0v) is 19.7. The highest BCUT2D eigenvalue weighted by Crippen LogP contribution is 2.65. The third-order valence-corrected chi connectivity index (χ3v) is 7.80. The highest BCUT2D eigenvalue weighted by atomic mass is 79.9. The zero-order chi connectivity index (χ0) is 22.1. The summed E-state index contributed by atoms with van der Waals surface area (Å²) >= 11 is 3.56. The Morgan fingerprint density at radius 1 is 1.00 bits per heavy atom. The van der Waals surface area contributed by atoms with E-state index >= 15 is 0 Å². The SMILES string of the molecule is CC(C)OP(=O)(OC(C)C)C(Cc1ccc(F)c(F)c1)c1oc2ccccc2c1Br. The van der Waals surface area contributed by atoms with E-state index in [9.17, 15) is 13.3 Å². The van der Waals surface area contributed by atoms with Gasteiger partial charge in [0.05, 0.1) is 16.7 Å². The summed E-state index contributed by atoms with van der Waals surface area (Å²) in [7, 11) is -3.78. The molecule has 0 aliphatic carbocycles. The van der Waals surface area contributed by atoms with E-state index in [4.69, 9.17) is 13.5 Å². The van der Waals surface area contributed by atoms with E-state index < -0.39 is 24.9 Å². The van der Waals surface area contributed by atoms with Crippen molar-refractivity contribution in [2.45, 2.75) is 52.0 Å². The van der Waals surface area contributed by atoms with Crippen LogP contribution in [0.15, 0.2) is 51.4 Å². The van der Waals surface area contributed by atoms with Gasteiger partial charge in [0.15, 0.2) is 11.6 Å². The van der Waals surface area contributed by atoms with Crippen LogP contribution >= 0.6 is 23.5 Å². The Labute approximate surface area is 183 Å². The van der Waals surface area contributed by atoms with E-state index in [0.29, 0.717) is 21.4 Å². The Hall–Kier alpha value is -1.53.